The number of hydrogen-bond donors (Lipinski definition) is 1. The molecule has 0 spiro atoms. The highest BCUT2D eigenvalue weighted by Gasteiger charge is 2.22. The number of hydrogen-bond acceptors (Lipinski definition) is 3. The quantitative estimate of drug-likeness (QED) is 0.371. The zero-order valence-electron chi connectivity index (χ0n) is 16.8. The lowest BCUT2D eigenvalue weighted by Crippen LogP contribution is -2.06. The molecule has 3 rings (SSSR count). The molecule has 29 heavy (non-hydrogen) atoms. The monoisotopic (exact) mass is 517 g/mol. The van der Waals surface area contributed by atoms with E-state index in [2.05, 4.69) is 51.8 Å². The molecule has 3 nitrogen and oxygen atoms in total. The van der Waals surface area contributed by atoms with Crippen LogP contribution in [0.4, 0.5) is 0 Å². The third-order valence-corrected chi connectivity index (χ3v) is 5.88. The van der Waals surface area contributed by atoms with Crippen molar-refractivity contribution >= 4 is 31.9 Å². The number of halogens is 2. The van der Waals surface area contributed by atoms with E-state index in [0.29, 0.717) is 17.1 Å². The maximum Gasteiger partial charge on any atom is 0.155 e. The number of ether oxygens (including phenoxy) is 2. The van der Waals surface area contributed by atoms with Gasteiger partial charge in [0.05, 0.1) is 16.1 Å². The summed E-state index contributed by atoms with van der Waals surface area (Å²) in [4.78, 5) is 0. The number of aliphatic hydroxyl groups excluding tert-OH is 1. The number of aliphatic hydroxyl groups is 1. The smallest absolute Gasteiger partial charge is 0.155 e. The van der Waals surface area contributed by atoms with E-state index in [0.717, 1.165) is 31.4 Å². The minimum absolute atomic E-state index is 0.230. The zero-order chi connectivity index (χ0) is 21.1. The Morgan fingerprint density at radius 3 is 2.21 bits per heavy atom. The highest BCUT2D eigenvalue weighted by Crippen LogP contribution is 2.43. The summed E-state index contributed by atoms with van der Waals surface area (Å²) in [5.74, 6) is 2.17. The predicted octanol–water partition coefficient (Wildman–Crippen LogP) is 7.33. The number of methoxy groups -OCH3 is 1. The second kappa shape index (κ2) is 9.33. The molecule has 0 fully saturated rings. The normalized spacial score (nSPS) is 12.1. The van der Waals surface area contributed by atoms with E-state index in [-0.39, 0.29) is 5.92 Å². The van der Waals surface area contributed by atoms with Gasteiger partial charge in [0.15, 0.2) is 5.75 Å². The lowest BCUT2D eigenvalue weighted by atomic mass is 9.94. The largest absolute Gasteiger partial charge is 0.496 e. The molecule has 0 aliphatic heterocycles. The fraction of sp³-hybridized carbons (Fsp3) is 0.250. The maximum absolute atomic E-state index is 11.2. The summed E-state index contributed by atoms with van der Waals surface area (Å²) < 4.78 is 13.5. The summed E-state index contributed by atoms with van der Waals surface area (Å²) in [6.45, 7) is 6.20. The highest BCUT2D eigenvalue weighted by atomic mass is 79.9. The standard InChI is InChI=1S/C24H23Br2O3/c1-14(2)17-12-22(29-24-19(25)9-6-10-20(24)26)18(13-21(17)28-4)23(27)16-8-5-7-15(3)11-16/h5,7-14,23,27H,1-4H3. The van der Waals surface area contributed by atoms with Crippen LogP contribution in [0.1, 0.15) is 48.1 Å². The molecule has 3 aromatic carbocycles. The van der Waals surface area contributed by atoms with Gasteiger partial charge in [0.2, 0.25) is 0 Å². The predicted molar refractivity (Wildman–Crippen MR) is 123 cm³/mol. The summed E-state index contributed by atoms with van der Waals surface area (Å²) in [6, 6.07) is 18.3. The van der Waals surface area contributed by atoms with E-state index in [1.54, 1.807) is 19.2 Å². The topological polar surface area (TPSA) is 38.7 Å². The van der Waals surface area contributed by atoms with Gasteiger partial charge >= 0.3 is 0 Å². The number of rotatable bonds is 6. The molecule has 151 valence electrons. The molecule has 1 unspecified atom stereocenters. The van der Waals surface area contributed by atoms with Crippen LogP contribution in [0, 0.1) is 13.0 Å². The van der Waals surface area contributed by atoms with Crippen molar-refractivity contribution in [1.82, 2.24) is 0 Å². The minimum Gasteiger partial charge on any atom is -0.496 e. The van der Waals surface area contributed by atoms with E-state index in [1.807, 2.05) is 43.3 Å². The van der Waals surface area contributed by atoms with Crippen LogP contribution >= 0.6 is 31.9 Å². The summed E-state index contributed by atoms with van der Waals surface area (Å²) >= 11 is 7.05. The third kappa shape index (κ3) is 4.85. The van der Waals surface area contributed by atoms with Gasteiger partial charge in [0.1, 0.15) is 17.6 Å². The zero-order valence-corrected chi connectivity index (χ0v) is 20.0. The third-order valence-electron chi connectivity index (χ3n) is 4.70. The van der Waals surface area contributed by atoms with E-state index >= 15 is 0 Å². The first-order valence-corrected chi connectivity index (χ1v) is 10.9. The van der Waals surface area contributed by atoms with Crippen molar-refractivity contribution in [1.29, 1.82) is 0 Å². The average molecular weight is 519 g/mol. The first kappa shape index (κ1) is 21.9. The molecule has 0 saturated carbocycles. The van der Waals surface area contributed by atoms with Gasteiger partial charge in [-0.05, 0) is 80.6 Å². The Bertz CT molecular complexity index is 995. The van der Waals surface area contributed by atoms with Crippen LogP contribution in [0.15, 0.2) is 57.5 Å². The van der Waals surface area contributed by atoms with Crippen LogP contribution in [0.5, 0.6) is 17.2 Å². The minimum atomic E-state index is -0.854. The van der Waals surface area contributed by atoms with Gasteiger partial charge in [0.25, 0.3) is 0 Å². The Morgan fingerprint density at radius 1 is 0.966 bits per heavy atom. The van der Waals surface area contributed by atoms with Gasteiger partial charge in [-0.1, -0.05) is 43.7 Å². The van der Waals surface area contributed by atoms with Crippen molar-refractivity contribution in [2.45, 2.75) is 32.8 Å². The van der Waals surface area contributed by atoms with Gasteiger partial charge in [-0.25, -0.2) is 0 Å². The molecule has 0 heterocycles. The van der Waals surface area contributed by atoms with Crippen LogP contribution in [-0.2, 0) is 0 Å². The highest BCUT2D eigenvalue weighted by molar-refractivity contribution is 9.11. The van der Waals surface area contributed by atoms with E-state index in [9.17, 15) is 5.11 Å². The first-order chi connectivity index (χ1) is 13.8. The molecule has 0 aliphatic rings. The Kier molecular flexibility index (Phi) is 7.04. The SMILES string of the molecule is COc1cc(C(O)c2cccc(C)c2)c(Oc2c(Br)c[c]cc2Br)cc1C(C)C. The molecule has 0 saturated heterocycles. The molecule has 0 aromatic heterocycles. The van der Waals surface area contributed by atoms with Gasteiger partial charge < -0.3 is 14.6 Å². The molecule has 0 bridgehead atoms. The second-order valence-electron chi connectivity index (χ2n) is 7.19. The van der Waals surface area contributed by atoms with Crippen molar-refractivity contribution < 1.29 is 14.6 Å². The van der Waals surface area contributed by atoms with E-state index in [4.69, 9.17) is 9.47 Å². The van der Waals surface area contributed by atoms with Crippen LogP contribution < -0.4 is 9.47 Å². The van der Waals surface area contributed by atoms with Crippen molar-refractivity contribution in [2.24, 2.45) is 0 Å². The second-order valence-corrected chi connectivity index (χ2v) is 8.89. The maximum atomic E-state index is 11.2. The molecule has 5 heteroatoms. The van der Waals surface area contributed by atoms with Crippen molar-refractivity contribution in [3.63, 3.8) is 0 Å². The molecule has 1 radical (unpaired) electrons. The number of aryl methyl sites for hydroxylation is 1. The molecule has 0 amide bonds. The van der Waals surface area contributed by atoms with Crippen molar-refractivity contribution in [2.75, 3.05) is 7.11 Å². The van der Waals surface area contributed by atoms with Gasteiger partial charge in [-0.15, -0.1) is 0 Å². The fourth-order valence-electron chi connectivity index (χ4n) is 3.18. The lowest BCUT2D eigenvalue weighted by molar-refractivity contribution is 0.215. The Labute approximate surface area is 188 Å². The Balaban J connectivity index is 2.17. The summed E-state index contributed by atoms with van der Waals surface area (Å²) in [5.41, 5.74) is 3.54. The lowest BCUT2D eigenvalue weighted by Gasteiger charge is -2.22. The molecule has 0 aliphatic carbocycles. The Morgan fingerprint density at radius 2 is 1.62 bits per heavy atom. The van der Waals surface area contributed by atoms with Gasteiger partial charge in [-0.3, -0.25) is 0 Å². The summed E-state index contributed by atoms with van der Waals surface area (Å²) in [6.07, 6.45) is -0.854. The van der Waals surface area contributed by atoms with Crippen molar-refractivity contribution in [3.05, 3.63) is 85.8 Å². The first-order valence-electron chi connectivity index (χ1n) is 9.31. The molecule has 1 atom stereocenters. The molecular formula is C24H23Br2O3. The fourth-order valence-corrected chi connectivity index (χ4v) is 4.30. The van der Waals surface area contributed by atoms with Crippen LogP contribution in [-0.4, -0.2) is 12.2 Å². The van der Waals surface area contributed by atoms with Crippen molar-refractivity contribution in [3.8, 4) is 17.2 Å². The van der Waals surface area contributed by atoms with Gasteiger partial charge in [0, 0.05) is 11.1 Å². The molecule has 3 aromatic rings. The van der Waals surface area contributed by atoms with Gasteiger partial charge in [-0.2, -0.15) is 0 Å². The summed E-state index contributed by atoms with van der Waals surface area (Å²) in [7, 11) is 1.64. The average Bonchev–Trinajstić information content (AvgIpc) is 2.69. The van der Waals surface area contributed by atoms with E-state index in [1.165, 1.54) is 0 Å². The van der Waals surface area contributed by atoms with E-state index < -0.39 is 6.10 Å². The molecule has 1 N–H and O–H groups in total. The van der Waals surface area contributed by atoms with Crippen LogP contribution in [0.2, 0.25) is 0 Å². The van der Waals surface area contributed by atoms with Crippen LogP contribution in [0.3, 0.4) is 0 Å². The summed E-state index contributed by atoms with van der Waals surface area (Å²) in [5, 5.41) is 11.2. The van der Waals surface area contributed by atoms with Crippen LogP contribution in [0.25, 0.3) is 0 Å². The number of benzene rings is 3. The Hall–Kier alpha value is -1.82. The molecular weight excluding hydrogens is 496 g/mol.